The molecular formula is C12H15F3N2O2. The van der Waals surface area contributed by atoms with Crippen molar-refractivity contribution in [1.82, 2.24) is 10.3 Å². The highest BCUT2D eigenvalue weighted by Gasteiger charge is 2.33. The normalized spacial score (nSPS) is 13.2. The predicted molar refractivity (Wildman–Crippen MR) is 62.8 cm³/mol. The molecule has 0 saturated heterocycles. The fourth-order valence-electron chi connectivity index (χ4n) is 1.55. The number of hydrogen-bond donors (Lipinski definition) is 1. The molecule has 0 spiro atoms. The van der Waals surface area contributed by atoms with Gasteiger partial charge in [-0.3, -0.25) is 4.79 Å². The number of aryl methyl sites for hydroxylation is 1. The van der Waals surface area contributed by atoms with E-state index in [1.165, 1.54) is 14.0 Å². The lowest BCUT2D eigenvalue weighted by Gasteiger charge is -2.14. The highest BCUT2D eigenvalue weighted by atomic mass is 19.4. The Bertz CT molecular complexity index is 461. The summed E-state index contributed by atoms with van der Waals surface area (Å²) < 4.78 is 42.2. The van der Waals surface area contributed by atoms with Gasteiger partial charge in [0.1, 0.15) is 5.69 Å². The third-order valence-electron chi connectivity index (χ3n) is 2.42. The van der Waals surface area contributed by atoms with Crippen molar-refractivity contribution in [2.24, 2.45) is 0 Å². The molecule has 1 N–H and O–H groups in total. The molecule has 0 bridgehead atoms. The van der Waals surface area contributed by atoms with Crippen molar-refractivity contribution in [3.8, 4) is 0 Å². The second-order valence-electron chi connectivity index (χ2n) is 4.16. The van der Waals surface area contributed by atoms with Crippen molar-refractivity contribution in [3.05, 3.63) is 29.1 Å². The van der Waals surface area contributed by atoms with E-state index in [-0.39, 0.29) is 17.3 Å². The van der Waals surface area contributed by atoms with Crippen molar-refractivity contribution < 1.29 is 22.7 Å². The summed E-state index contributed by atoms with van der Waals surface area (Å²) in [5.41, 5.74) is -0.848. The molecule has 1 atom stereocenters. The van der Waals surface area contributed by atoms with E-state index in [0.29, 0.717) is 6.61 Å². The molecule has 7 heteroatoms. The minimum absolute atomic E-state index is 0.0388. The maximum Gasteiger partial charge on any atom is 0.433 e. The molecule has 1 aromatic heterocycles. The van der Waals surface area contributed by atoms with Crippen LogP contribution in [0.15, 0.2) is 12.1 Å². The number of pyridine rings is 1. The molecule has 0 fully saturated rings. The Balaban J connectivity index is 2.88. The standard InChI is InChI=1S/C12H15F3N2O2/c1-7(6-19-3)16-11(18)9-4-5-10(12(13,14)15)17-8(9)2/h4-5,7H,6H2,1-3H3,(H,16,18)/t7-/m0/s1. The number of alkyl halides is 3. The number of nitrogens with zero attached hydrogens (tertiary/aromatic N) is 1. The lowest BCUT2D eigenvalue weighted by molar-refractivity contribution is -0.141. The molecule has 0 aliphatic heterocycles. The van der Waals surface area contributed by atoms with Crippen LogP contribution in [0, 0.1) is 6.92 Å². The molecule has 1 heterocycles. The molecule has 0 radical (unpaired) electrons. The summed E-state index contributed by atoms with van der Waals surface area (Å²) in [6, 6.07) is 1.68. The average Bonchev–Trinajstić information content (AvgIpc) is 2.27. The smallest absolute Gasteiger partial charge is 0.383 e. The maximum atomic E-state index is 12.4. The first-order valence-electron chi connectivity index (χ1n) is 5.60. The van der Waals surface area contributed by atoms with Crippen LogP contribution >= 0.6 is 0 Å². The Morgan fingerprint density at radius 3 is 2.58 bits per heavy atom. The van der Waals surface area contributed by atoms with Crippen molar-refractivity contribution in [2.45, 2.75) is 26.1 Å². The zero-order valence-electron chi connectivity index (χ0n) is 10.8. The van der Waals surface area contributed by atoms with Crippen LogP contribution < -0.4 is 5.32 Å². The first-order valence-corrected chi connectivity index (χ1v) is 5.60. The van der Waals surface area contributed by atoms with Gasteiger partial charge in [-0.05, 0) is 26.0 Å². The zero-order chi connectivity index (χ0) is 14.6. The van der Waals surface area contributed by atoms with Gasteiger partial charge in [0.25, 0.3) is 5.91 Å². The Morgan fingerprint density at radius 1 is 1.47 bits per heavy atom. The summed E-state index contributed by atoms with van der Waals surface area (Å²) in [4.78, 5) is 15.2. The molecule has 0 unspecified atom stereocenters. The number of carbonyl (C=O) groups is 1. The van der Waals surface area contributed by atoms with Crippen LogP contribution in [0.1, 0.15) is 28.7 Å². The number of aromatic nitrogens is 1. The molecule has 0 aliphatic rings. The summed E-state index contributed by atoms with van der Waals surface area (Å²) in [6.07, 6.45) is -4.51. The van der Waals surface area contributed by atoms with Crippen LogP contribution in [-0.4, -0.2) is 30.6 Å². The Morgan fingerprint density at radius 2 is 2.11 bits per heavy atom. The lowest BCUT2D eigenvalue weighted by Crippen LogP contribution is -2.36. The number of methoxy groups -OCH3 is 1. The molecule has 0 aromatic carbocycles. The highest BCUT2D eigenvalue weighted by molar-refractivity contribution is 5.95. The largest absolute Gasteiger partial charge is 0.433 e. The van der Waals surface area contributed by atoms with E-state index in [0.717, 1.165) is 12.1 Å². The SMILES string of the molecule is COC[C@H](C)NC(=O)c1ccc(C(F)(F)F)nc1C. The van der Waals surface area contributed by atoms with Gasteiger partial charge in [0, 0.05) is 13.2 Å². The molecule has 19 heavy (non-hydrogen) atoms. The third-order valence-corrected chi connectivity index (χ3v) is 2.42. The predicted octanol–water partition coefficient (Wildman–Crippen LogP) is 2.17. The number of amides is 1. The van der Waals surface area contributed by atoms with Crippen molar-refractivity contribution in [1.29, 1.82) is 0 Å². The van der Waals surface area contributed by atoms with Crippen molar-refractivity contribution in [2.75, 3.05) is 13.7 Å². The molecule has 1 amide bonds. The zero-order valence-corrected chi connectivity index (χ0v) is 10.8. The van der Waals surface area contributed by atoms with Gasteiger partial charge in [-0.25, -0.2) is 4.98 Å². The molecule has 0 saturated carbocycles. The summed E-state index contributed by atoms with van der Waals surface area (Å²) in [5.74, 6) is -0.469. The number of hydrogen-bond acceptors (Lipinski definition) is 3. The Kier molecular flexibility index (Phi) is 4.88. The minimum atomic E-state index is -4.51. The summed E-state index contributed by atoms with van der Waals surface area (Å²) in [7, 11) is 1.49. The van der Waals surface area contributed by atoms with Crippen LogP contribution in [-0.2, 0) is 10.9 Å². The number of carbonyl (C=O) groups excluding carboxylic acids is 1. The van der Waals surface area contributed by atoms with E-state index < -0.39 is 17.8 Å². The maximum absolute atomic E-state index is 12.4. The van der Waals surface area contributed by atoms with E-state index in [2.05, 4.69) is 10.3 Å². The fraction of sp³-hybridized carbons (Fsp3) is 0.500. The van der Waals surface area contributed by atoms with Gasteiger partial charge in [0.05, 0.1) is 17.9 Å². The first-order chi connectivity index (χ1) is 8.75. The molecule has 4 nitrogen and oxygen atoms in total. The van der Waals surface area contributed by atoms with Crippen LogP contribution in [0.5, 0.6) is 0 Å². The fourth-order valence-corrected chi connectivity index (χ4v) is 1.55. The average molecular weight is 276 g/mol. The van der Waals surface area contributed by atoms with Gasteiger partial charge < -0.3 is 10.1 Å². The second kappa shape index (κ2) is 6.01. The molecule has 106 valence electrons. The van der Waals surface area contributed by atoms with Gasteiger partial charge in [-0.1, -0.05) is 0 Å². The lowest BCUT2D eigenvalue weighted by atomic mass is 10.1. The number of nitrogens with one attached hydrogen (secondary N) is 1. The van der Waals surface area contributed by atoms with E-state index in [1.807, 2.05) is 0 Å². The number of halogens is 3. The molecule has 1 rings (SSSR count). The van der Waals surface area contributed by atoms with Crippen LogP contribution in [0.2, 0.25) is 0 Å². The van der Waals surface area contributed by atoms with Crippen molar-refractivity contribution >= 4 is 5.91 Å². The van der Waals surface area contributed by atoms with Gasteiger partial charge >= 0.3 is 6.18 Å². The first kappa shape index (κ1) is 15.4. The molecular weight excluding hydrogens is 261 g/mol. The van der Waals surface area contributed by atoms with Crippen LogP contribution in [0.25, 0.3) is 0 Å². The third kappa shape index (κ3) is 4.20. The second-order valence-corrected chi connectivity index (χ2v) is 4.16. The minimum Gasteiger partial charge on any atom is -0.383 e. The summed E-state index contributed by atoms with van der Waals surface area (Å²) in [6.45, 7) is 3.41. The van der Waals surface area contributed by atoms with Gasteiger partial charge in [-0.2, -0.15) is 13.2 Å². The van der Waals surface area contributed by atoms with Crippen molar-refractivity contribution in [3.63, 3.8) is 0 Å². The van der Waals surface area contributed by atoms with E-state index >= 15 is 0 Å². The Labute approximate surface area is 109 Å². The Hall–Kier alpha value is -1.63. The highest BCUT2D eigenvalue weighted by Crippen LogP contribution is 2.28. The number of ether oxygens (including phenoxy) is 1. The van der Waals surface area contributed by atoms with E-state index in [4.69, 9.17) is 4.74 Å². The quantitative estimate of drug-likeness (QED) is 0.917. The molecule has 0 aliphatic carbocycles. The number of rotatable bonds is 4. The summed E-state index contributed by atoms with van der Waals surface area (Å²) in [5, 5.41) is 2.61. The topological polar surface area (TPSA) is 51.2 Å². The summed E-state index contributed by atoms with van der Waals surface area (Å²) >= 11 is 0. The van der Waals surface area contributed by atoms with Crippen LogP contribution in [0.4, 0.5) is 13.2 Å². The monoisotopic (exact) mass is 276 g/mol. The van der Waals surface area contributed by atoms with Gasteiger partial charge in [-0.15, -0.1) is 0 Å². The van der Waals surface area contributed by atoms with Gasteiger partial charge in [0.15, 0.2) is 0 Å². The van der Waals surface area contributed by atoms with E-state index in [1.54, 1.807) is 6.92 Å². The van der Waals surface area contributed by atoms with Gasteiger partial charge in [0.2, 0.25) is 0 Å². The van der Waals surface area contributed by atoms with Crippen LogP contribution in [0.3, 0.4) is 0 Å². The van der Waals surface area contributed by atoms with E-state index in [9.17, 15) is 18.0 Å². The molecule has 1 aromatic rings.